The molecular weight excluding hydrogens is 416 g/mol. The van der Waals surface area contributed by atoms with Gasteiger partial charge in [0.05, 0.1) is 24.1 Å². The van der Waals surface area contributed by atoms with Crippen molar-refractivity contribution in [2.45, 2.75) is 19.9 Å². The highest BCUT2D eigenvalue weighted by atomic mass is 79.9. The lowest BCUT2D eigenvalue weighted by Gasteiger charge is -2.18. The zero-order valence-corrected chi connectivity index (χ0v) is 17.2. The van der Waals surface area contributed by atoms with E-state index < -0.39 is 0 Å². The van der Waals surface area contributed by atoms with E-state index in [1.165, 1.54) is 0 Å². The fourth-order valence-electron chi connectivity index (χ4n) is 2.59. The molecule has 2 heterocycles. The summed E-state index contributed by atoms with van der Waals surface area (Å²) < 4.78 is 12.0. The van der Waals surface area contributed by atoms with Gasteiger partial charge in [0.25, 0.3) is 0 Å². The third kappa shape index (κ3) is 4.16. The molecule has 136 valence electrons. The summed E-state index contributed by atoms with van der Waals surface area (Å²) in [4.78, 5) is 19.8. The maximum Gasteiger partial charge on any atom is 0.236 e. The maximum atomic E-state index is 12.6. The zero-order valence-electron chi connectivity index (χ0n) is 14.8. The van der Waals surface area contributed by atoms with Crippen LogP contribution in [0.3, 0.4) is 0 Å². The minimum Gasteiger partial charge on any atom is -0.496 e. The van der Waals surface area contributed by atoms with Gasteiger partial charge in [-0.25, -0.2) is 4.98 Å². The second kappa shape index (κ2) is 8.05. The number of aryl methyl sites for hydroxylation is 1. The number of rotatable bonds is 6. The lowest BCUT2D eigenvalue weighted by atomic mass is 10.1. The third-order valence-electron chi connectivity index (χ3n) is 4.02. The number of methoxy groups -OCH3 is 1. The molecule has 3 rings (SSSR count). The largest absolute Gasteiger partial charge is 0.496 e. The average molecular weight is 435 g/mol. The highest BCUT2D eigenvalue weighted by Crippen LogP contribution is 2.27. The fourth-order valence-corrected chi connectivity index (χ4v) is 3.65. The van der Waals surface area contributed by atoms with Crippen LogP contribution in [-0.4, -0.2) is 29.9 Å². The molecule has 7 heteroatoms. The van der Waals surface area contributed by atoms with E-state index in [2.05, 4.69) is 20.9 Å². The van der Waals surface area contributed by atoms with E-state index >= 15 is 0 Å². The van der Waals surface area contributed by atoms with Crippen molar-refractivity contribution in [3.63, 3.8) is 0 Å². The summed E-state index contributed by atoms with van der Waals surface area (Å²) in [6.45, 7) is 2.29. The van der Waals surface area contributed by atoms with Crippen LogP contribution in [-0.2, 0) is 17.8 Å². The van der Waals surface area contributed by atoms with E-state index in [0.717, 1.165) is 20.7 Å². The van der Waals surface area contributed by atoms with Crippen LogP contribution in [0.15, 0.2) is 44.6 Å². The molecule has 0 unspecified atom stereocenters. The second-order valence-electron chi connectivity index (χ2n) is 5.88. The molecule has 0 N–H and O–H groups in total. The number of nitrogens with zero attached hydrogens (tertiary/aromatic N) is 2. The van der Waals surface area contributed by atoms with Crippen molar-refractivity contribution >= 4 is 33.2 Å². The summed E-state index contributed by atoms with van der Waals surface area (Å²) in [7, 11) is 3.40. The molecule has 3 aromatic rings. The number of halogens is 1. The maximum absolute atomic E-state index is 12.6. The molecule has 0 fully saturated rings. The zero-order chi connectivity index (χ0) is 18.7. The Labute approximate surface area is 164 Å². The Kier molecular flexibility index (Phi) is 5.78. The molecule has 2 aromatic heterocycles. The van der Waals surface area contributed by atoms with Gasteiger partial charge in [0, 0.05) is 23.6 Å². The molecule has 0 saturated carbocycles. The number of benzene rings is 1. The first-order valence-corrected chi connectivity index (χ1v) is 9.71. The van der Waals surface area contributed by atoms with Crippen molar-refractivity contribution in [1.29, 1.82) is 0 Å². The minimum atomic E-state index is -0.0267. The Balaban J connectivity index is 1.71. The summed E-state index contributed by atoms with van der Waals surface area (Å²) in [6, 6.07) is 9.65. The minimum absolute atomic E-state index is 0.0267. The summed E-state index contributed by atoms with van der Waals surface area (Å²) in [5.74, 6) is 1.97. The summed E-state index contributed by atoms with van der Waals surface area (Å²) >= 11 is 5.02. The molecule has 0 saturated heterocycles. The molecule has 1 aromatic carbocycles. The Morgan fingerprint density at radius 2 is 2.19 bits per heavy atom. The first kappa shape index (κ1) is 18.7. The van der Waals surface area contributed by atoms with E-state index in [4.69, 9.17) is 9.15 Å². The van der Waals surface area contributed by atoms with E-state index in [1.807, 2.05) is 42.6 Å². The summed E-state index contributed by atoms with van der Waals surface area (Å²) in [5.41, 5.74) is 1.61. The van der Waals surface area contributed by atoms with Gasteiger partial charge in [-0.05, 0) is 36.6 Å². The SMILES string of the molecule is COc1ccc(Br)cc1CN(C)C(=O)Cc1nc(-c2cccs2)oc1C. The molecule has 0 aliphatic heterocycles. The number of hydrogen-bond acceptors (Lipinski definition) is 5. The van der Waals surface area contributed by atoms with Crippen LogP contribution in [0.2, 0.25) is 0 Å². The summed E-state index contributed by atoms with van der Waals surface area (Å²) in [5, 5.41) is 1.97. The molecule has 0 spiro atoms. The van der Waals surface area contributed by atoms with E-state index in [-0.39, 0.29) is 12.3 Å². The number of ether oxygens (including phenoxy) is 1. The first-order chi connectivity index (χ1) is 12.5. The molecular formula is C19H19BrN2O3S. The van der Waals surface area contributed by atoms with Gasteiger partial charge in [0.1, 0.15) is 11.5 Å². The van der Waals surface area contributed by atoms with E-state index in [1.54, 1.807) is 30.4 Å². The van der Waals surface area contributed by atoms with Crippen LogP contribution in [0.25, 0.3) is 10.8 Å². The molecule has 1 amide bonds. The standard InChI is InChI=1S/C19H19BrN2O3S/c1-12-15(21-19(25-12)17-5-4-8-26-17)10-18(23)22(2)11-13-9-14(20)6-7-16(13)24-3/h4-9H,10-11H2,1-3H3. The number of likely N-dealkylation sites (N-methyl/N-ethyl adjacent to an activating group) is 1. The topological polar surface area (TPSA) is 55.6 Å². The van der Waals surface area contributed by atoms with Crippen molar-refractivity contribution in [3.05, 3.63) is 57.2 Å². The molecule has 26 heavy (non-hydrogen) atoms. The smallest absolute Gasteiger partial charge is 0.236 e. The van der Waals surface area contributed by atoms with Gasteiger partial charge in [-0.1, -0.05) is 22.0 Å². The predicted molar refractivity (Wildman–Crippen MR) is 105 cm³/mol. The average Bonchev–Trinajstić information content (AvgIpc) is 3.25. The lowest BCUT2D eigenvalue weighted by molar-refractivity contribution is -0.129. The van der Waals surface area contributed by atoms with Gasteiger partial charge < -0.3 is 14.1 Å². The van der Waals surface area contributed by atoms with Crippen molar-refractivity contribution in [2.75, 3.05) is 14.2 Å². The van der Waals surface area contributed by atoms with E-state index in [0.29, 0.717) is 23.9 Å². The fraction of sp³-hybridized carbons (Fsp3) is 0.263. The van der Waals surface area contributed by atoms with Crippen LogP contribution >= 0.6 is 27.3 Å². The van der Waals surface area contributed by atoms with Crippen molar-refractivity contribution in [1.82, 2.24) is 9.88 Å². The Morgan fingerprint density at radius 1 is 1.38 bits per heavy atom. The number of oxazole rings is 1. The number of carbonyl (C=O) groups is 1. The van der Waals surface area contributed by atoms with Crippen molar-refractivity contribution in [3.8, 4) is 16.5 Å². The Bertz CT molecular complexity index is 906. The van der Waals surface area contributed by atoms with Crippen LogP contribution in [0.1, 0.15) is 17.0 Å². The highest BCUT2D eigenvalue weighted by Gasteiger charge is 2.18. The molecule has 0 aliphatic rings. The number of thiophene rings is 1. The van der Waals surface area contributed by atoms with Gasteiger partial charge in [0.15, 0.2) is 0 Å². The van der Waals surface area contributed by atoms with Crippen molar-refractivity contribution in [2.24, 2.45) is 0 Å². The Hall–Kier alpha value is -2.12. The third-order valence-corrected chi connectivity index (χ3v) is 5.37. The van der Waals surface area contributed by atoms with Gasteiger partial charge in [0.2, 0.25) is 11.8 Å². The predicted octanol–water partition coefficient (Wildman–Crippen LogP) is 4.68. The van der Waals surface area contributed by atoms with Gasteiger partial charge in [-0.2, -0.15) is 0 Å². The van der Waals surface area contributed by atoms with Gasteiger partial charge >= 0.3 is 0 Å². The monoisotopic (exact) mass is 434 g/mol. The number of amides is 1. The van der Waals surface area contributed by atoms with Gasteiger partial charge in [-0.3, -0.25) is 4.79 Å². The van der Waals surface area contributed by atoms with Crippen LogP contribution < -0.4 is 4.74 Å². The van der Waals surface area contributed by atoms with Crippen LogP contribution in [0.4, 0.5) is 0 Å². The molecule has 0 bridgehead atoms. The molecule has 5 nitrogen and oxygen atoms in total. The Morgan fingerprint density at radius 3 is 2.88 bits per heavy atom. The molecule has 0 radical (unpaired) electrons. The number of aromatic nitrogens is 1. The summed E-state index contributed by atoms with van der Waals surface area (Å²) in [6.07, 6.45) is 0.202. The van der Waals surface area contributed by atoms with Crippen LogP contribution in [0.5, 0.6) is 5.75 Å². The number of carbonyl (C=O) groups excluding carboxylic acids is 1. The molecule has 0 aliphatic carbocycles. The normalized spacial score (nSPS) is 10.8. The van der Waals surface area contributed by atoms with Crippen molar-refractivity contribution < 1.29 is 13.9 Å². The quantitative estimate of drug-likeness (QED) is 0.564. The highest BCUT2D eigenvalue weighted by molar-refractivity contribution is 9.10. The first-order valence-electron chi connectivity index (χ1n) is 8.04. The van der Waals surface area contributed by atoms with Gasteiger partial charge in [-0.15, -0.1) is 11.3 Å². The van der Waals surface area contributed by atoms with E-state index in [9.17, 15) is 4.79 Å². The van der Waals surface area contributed by atoms with Crippen LogP contribution in [0, 0.1) is 6.92 Å². The second-order valence-corrected chi connectivity index (χ2v) is 7.75. The lowest BCUT2D eigenvalue weighted by Crippen LogP contribution is -2.28. The molecule has 0 atom stereocenters. The number of hydrogen-bond donors (Lipinski definition) is 0.